The van der Waals surface area contributed by atoms with Crippen molar-refractivity contribution in [3.05, 3.63) is 77.5 Å². The summed E-state index contributed by atoms with van der Waals surface area (Å²) in [6.07, 6.45) is 0. The van der Waals surface area contributed by atoms with Crippen LogP contribution >= 0.6 is 0 Å². The van der Waals surface area contributed by atoms with Crippen LogP contribution in [0.25, 0.3) is 0 Å². The van der Waals surface area contributed by atoms with Gasteiger partial charge in [-0.05, 0) is 10.3 Å². The molecule has 0 atom stereocenters. The maximum Gasteiger partial charge on any atom is 0.197 e. The van der Waals surface area contributed by atoms with E-state index >= 15 is 0 Å². The first-order valence-electron chi connectivity index (χ1n) is 7.45. The first-order valence-corrected chi connectivity index (χ1v) is 7.45. The molecule has 0 aliphatic rings. The zero-order valence-electron chi connectivity index (χ0n) is 13.0. The van der Waals surface area contributed by atoms with Crippen LogP contribution in [0.5, 0.6) is 0 Å². The topological polar surface area (TPSA) is 123 Å². The predicted octanol–water partition coefficient (Wildman–Crippen LogP) is 2.40. The molecule has 0 saturated heterocycles. The van der Waals surface area contributed by atoms with Crippen LogP contribution in [-0.4, -0.2) is 27.6 Å². The average Bonchev–Trinajstić information content (AvgIpc) is 3.09. The molecule has 25 heavy (non-hydrogen) atoms. The van der Waals surface area contributed by atoms with E-state index in [9.17, 15) is 9.59 Å². The van der Waals surface area contributed by atoms with Crippen molar-refractivity contribution in [3.63, 3.8) is 0 Å². The van der Waals surface area contributed by atoms with Crippen molar-refractivity contribution in [2.75, 3.05) is 5.73 Å². The van der Waals surface area contributed by atoms with Gasteiger partial charge in [0.1, 0.15) is 5.92 Å². The first kappa shape index (κ1) is 16.3. The second-order valence-corrected chi connectivity index (χ2v) is 5.31. The molecule has 3 N–H and O–H groups in total. The van der Waals surface area contributed by atoms with Crippen LogP contribution in [0.4, 0.5) is 5.82 Å². The molecule has 1 aromatic heterocycles. The van der Waals surface area contributed by atoms with Crippen LogP contribution in [-0.2, 0) is 0 Å². The summed E-state index contributed by atoms with van der Waals surface area (Å²) in [6.45, 7) is 0. The number of carbonyl (C=O) groups is 2. The lowest BCUT2D eigenvalue weighted by Crippen LogP contribution is -2.33. The summed E-state index contributed by atoms with van der Waals surface area (Å²) >= 11 is 0. The molecule has 0 unspecified atom stereocenters. The van der Waals surface area contributed by atoms with Gasteiger partial charge >= 0.3 is 0 Å². The Morgan fingerprint density at radius 2 is 1.36 bits per heavy atom. The summed E-state index contributed by atoms with van der Waals surface area (Å²) in [6, 6.07) is 16.6. The molecule has 2 aromatic carbocycles. The number of benzene rings is 2. The summed E-state index contributed by atoms with van der Waals surface area (Å²) in [5.41, 5.74) is 5.80. The molecule has 3 rings (SSSR count). The van der Waals surface area contributed by atoms with Gasteiger partial charge in [0.2, 0.25) is 0 Å². The van der Waals surface area contributed by atoms with Crippen molar-refractivity contribution in [2.24, 2.45) is 5.92 Å². The highest BCUT2D eigenvalue weighted by Gasteiger charge is 2.35. The summed E-state index contributed by atoms with van der Waals surface area (Å²) < 4.78 is 4.50. The molecule has 7 nitrogen and oxygen atoms in total. The van der Waals surface area contributed by atoms with E-state index in [0.29, 0.717) is 11.1 Å². The summed E-state index contributed by atoms with van der Waals surface area (Å²) in [5.74, 6) is -2.56. The Balaban J connectivity index is 2.05. The lowest BCUT2D eigenvalue weighted by Gasteiger charge is -2.15. The number of Topliss-reactive ketones (excluding diaryl/α,β-unsaturated/α-hetero) is 2. The molecule has 0 spiro atoms. The van der Waals surface area contributed by atoms with Gasteiger partial charge in [0.15, 0.2) is 23.1 Å². The van der Waals surface area contributed by atoms with Crippen LogP contribution in [0.1, 0.15) is 26.4 Å². The molecule has 1 heterocycles. The Kier molecular flexibility index (Phi) is 4.47. The third-order valence-electron chi connectivity index (χ3n) is 3.70. The highest BCUT2D eigenvalue weighted by Crippen LogP contribution is 2.21. The van der Waals surface area contributed by atoms with E-state index in [4.69, 9.17) is 11.1 Å². The van der Waals surface area contributed by atoms with Crippen LogP contribution in [0, 0.1) is 11.3 Å². The minimum Gasteiger partial charge on any atom is -0.379 e. The van der Waals surface area contributed by atoms with E-state index in [-0.39, 0.29) is 17.2 Å². The summed E-state index contributed by atoms with van der Waals surface area (Å²) in [7, 11) is 0. The predicted molar refractivity (Wildman–Crippen MR) is 90.6 cm³/mol. The summed E-state index contributed by atoms with van der Waals surface area (Å²) in [5, 5.41) is 15.3. The van der Waals surface area contributed by atoms with Crippen LogP contribution in [0.15, 0.2) is 65.3 Å². The monoisotopic (exact) mass is 334 g/mol. The van der Waals surface area contributed by atoms with Gasteiger partial charge in [0.05, 0.1) is 5.71 Å². The maximum absolute atomic E-state index is 12.9. The number of anilines is 1. The van der Waals surface area contributed by atoms with E-state index in [1.54, 1.807) is 60.7 Å². The van der Waals surface area contributed by atoms with E-state index in [2.05, 4.69) is 14.9 Å². The third kappa shape index (κ3) is 3.20. The number of ketones is 2. The van der Waals surface area contributed by atoms with Crippen LogP contribution in [0.3, 0.4) is 0 Å². The highest BCUT2D eigenvalue weighted by molar-refractivity contribution is 6.32. The van der Waals surface area contributed by atoms with Gasteiger partial charge in [0.25, 0.3) is 0 Å². The van der Waals surface area contributed by atoms with Gasteiger partial charge in [0, 0.05) is 11.1 Å². The molecular weight excluding hydrogens is 320 g/mol. The fourth-order valence-corrected chi connectivity index (χ4v) is 2.44. The second-order valence-electron chi connectivity index (χ2n) is 5.31. The number of nitrogens with one attached hydrogen (secondary N) is 1. The quantitative estimate of drug-likeness (QED) is 0.405. The van der Waals surface area contributed by atoms with Crippen molar-refractivity contribution in [3.8, 4) is 0 Å². The average molecular weight is 334 g/mol. The SMILES string of the molecule is N=C(c1nonc1N)C(C(=O)c1ccccc1)C(=O)c1ccccc1. The number of nitrogens with zero attached hydrogens (tertiary/aromatic N) is 2. The van der Waals surface area contributed by atoms with Gasteiger partial charge in [-0.2, -0.15) is 0 Å². The molecule has 0 bridgehead atoms. The number of hydrogen-bond donors (Lipinski definition) is 2. The smallest absolute Gasteiger partial charge is 0.197 e. The number of hydrogen-bond acceptors (Lipinski definition) is 7. The van der Waals surface area contributed by atoms with Gasteiger partial charge in [-0.1, -0.05) is 60.7 Å². The minimum atomic E-state index is -1.39. The molecule has 0 saturated carbocycles. The Bertz CT molecular complexity index is 868. The molecule has 7 heteroatoms. The van der Waals surface area contributed by atoms with E-state index in [1.807, 2.05) is 0 Å². The lowest BCUT2D eigenvalue weighted by atomic mass is 9.85. The number of aromatic nitrogens is 2. The highest BCUT2D eigenvalue weighted by atomic mass is 16.6. The van der Waals surface area contributed by atoms with Gasteiger partial charge < -0.3 is 11.1 Å². The fraction of sp³-hybridized carbons (Fsp3) is 0.0556. The van der Waals surface area contributed by atoms with Crippen molar-refractivity contribution in [1.82, 2.24) is 10.3 Å². The molecule has 0 fully saturated rings. The molecule has 0 aliphatic heterocycles. The Morgan fingerprint density at radius 1 is 0.880 bits per heavy atom. The Morgan fingerprint density at radius 3 is 1.76 bits per heavy atom. The Hall–Kier alpha value is -3.61. The van der Waals surface area contributed by atoms with Gasteiger partial charge in [-0.15, -0.1) is 0 Å². The molecule has 0 amide bonds. The van der Waals surface area contributed by atoms with Gasteiger partial charge in [-0.25, -0.2) is 4.63 Å². The van der Waals surface area contributed by atoms with Crippen LogP contribution in [0.2, 0.25) is 0 Å². The lowest BCUT2D eigenvalue weighted by molar-refractivity contribution is 0.0853. The van der Waals surface area contributed by atoms with Crippen molar-refractivity contribution < 1.29 is 14.2 Å². The number of nitrogen functional groups attached to an aromatic ring is 1. The zero-order chi connectivity index (χ0) is 17.8. The minimum absolute atomic E-state index is 0.112. The fourth-order valence-electron chi connectivity index (χ4n) is 2.44. The maximum atomic E-state index is 12.9. The molecule has 3 aromatic rings. The first-order chi connectivity index (χ1) is 12.1. The van der Waals surface area contributed by atoms with E-state index < -0.39 is 17.5 Å². The standard InChI is InChI=1S/C18H14N4O3/c19-14(15-18(20)22-25-21-15)13(16(23)11-7-3-1-4-8-11)17(24)12-9-5-2-6-10-12/h1-10,13,19H,(H2,20,22). The number of nitrogens with two attached hydrogens (primary N) is 1. The van der Waals surface area contributed by atoms with Crippen molar-refractivity contribution in [2.45, 2.75) is 0 Å². The second kappa shape index (κ2) is 6.88. The van der Waals surface area contributed by atoms with Crippen LogP contribution < -0.4 is 5.73 Å². The normalized spacial score (nSPS) is 10.6. The molecule has 124 valence electrons. The van der Waals surface area contributed by atoms with Gasteiger partial charge in [-0.3, -0.25) is 9.59 Å². The molecule has 0 aliphatic carbocycles. The zero-order valence-corrected chi connectivity index (χ0v) is 13.0. The number of rotatable bonds is 6. The molecular formula is C18H14N4O3. The molecule has 0 radical (unpaired) electrons. The Labute approximate surface area is 142 Å². The van der Waals surface area contributed by atoms with Crippen molar-refractivity contribution >= 4 is 23.1 Å². The number of carbonyl (C=O) groups excluding carboxylic acids is 2. The van der Waals surface area contributed by atoms with E-state index in [0.717, 1.165) is 0 Å². The third-order valence-corrected chi connectivity index (χ3v) is 3.70. The van der Waals surface area contributed by atoms with Crippen molar-refractivity contribution in [1.29, 1.82) is 5.41 Å². The largest absolute Gasteiger partial charge is 0.379 e. The van der Waals surface area contributed by atoms with E-state index in [1.165, 1.54) is 0 Å². The summed E-state index contributed by atoms with van der Waals surface area (Å²) in [4.78, 5) is 25.9.